The standard InChI is InChI=1S/C24H19ClF6N8O3/c25-13-5-3-12(4-6-13)19-36-38(22(42)37(19)9-17(40)24(29,30)31)10-18-33-11-39(35-18)20-16(2-1-7-32-20)34-21(41)14-8-15(14)23(26,27)28/h1-7,11,14-15,17,40H,8-10H2,(H,34,41). The smallest absolute Gasteiger partial charge is 0.382 e. The normalized spacial score (nSPS) is 17.7. The van der Waals surface area contributed by atoms with Crippen molar-refractivity contribution in [3.8, 4) is 17.2 Å². The minimum absolute atomic E-state index is 0.0156. The molecule has 2 N–H and O–H groups in total. The van der Waals surface area contributed by atoms with Crippen molar-refractivity contribution in [1.29, 1.82) is 0 Å². The van der Waals surface area contributed by atoms with Crippen LogP contribution in [0, 0.1) is 11.8 Å². The summed E-state index contributed by atoms with van der Waals surface area (Å²) in [6, 6.07) is 8.63. The molecule has 3 heterocycles. The Labute approximate surface area is 236 Å². The lowest BCUT2D eigenvalue weighted by atomic mass is 10.2. The molecule has 11 nitrogen and oxygen atoms in total. The summed E-state index contributed by atoms with van der Waals surface area (Å²) < 4.78 is 80.5. The number of hydrogen-bond acceptors (Lipinski definition) is 7. The number of aromatic nitrogens is 7. The van der Waals surface area contributed by atoms with Crippen LogP contribution in [0.4, 0.5) is 32.0 Å². The van der Waals surface area contributed by atoms with E-state index in [1.54, 1.807) is 0 Å². The second-order valence-electron chi connectivity index (χ2n) is 9.40. The first-order valence-corrected chi connectivity index (χ1v) is 12.5. The minimum Gasteiger partial charge on any atom is -0.382 e. The first-order valence-electron chi connectivity index (χ1n) is 12.1. The van der Waals surface area contributed by atoms with Crippen molar-refractivity contribution in [2.45, 2.75) is 38.0 Å². The zero-order valence-corrected chi connectivity index (χ0v) is 21.8. The van der Waals surface area contributed by atoms with Crippen molar-refractivity contribution < 1.29 is 36.2 Å². The van der Waals surface area contributed by atoms with Gasteiger partial charge in [-0.25, -0.2) is 24.1 Å². The molecule has 42 heavy (non-hydrogen) atoms. The highest BCUT2D eigenvalue weighted by atomic mass is 35.5. The molecule has 3 aromatic heterocycles. The third-order valence-electron chi connectivity index (χ3n) is 6.40. The molecule has 1 amide bonds. The fourth-order valence-corrected chi connectivity index (χ4v) is 4.28. The second-order valence-corrected chi connectivity index (χ2v) is 9.83. The van der Waals surface area contributed by atoms with Crippen LogP contribution in [0.3, 0.4) is 0 Å². The second kappa shape index (κ2) is 10.9. The Morgan fingerprint density at radius 2 is 1.81 bits per heavy atom. The van der Waals surface area contributed by atoms with E-state index in [0.29, 0.717) is 9.59 Å². The van der Waals surface area contributed by atoms with Crippen LogP contribution >= 0.6 is 11.6 Å². The van der Waals surface area contributed by atoms with Gasteiger partial charge in [-0.2, -0.15) is 26.3 Å². The van der Waals surface area contributed by atoms with Gasteiger partial charge in [-0.05, 0) is 42.8 Å². The number of benzene rings is 1. The SMILES string of the molecule is O=C(Nc1cccnc1-n1cnc(Cn2nc(-c3ccc(Cl)cc3)n(CC(O)C(F)(F)F)c2=O)n1)C1CC1C(F)(F)F. The van der Waals surface area contributed by atoms with Crippen molar-refractivity contribution in [3.05, 3.63) is 70.3 Å². The first-order chi connectivity index (χ1) is 19.7. The van der Waals surface area contributed by atoms with Crippen LogP contribution in [0.1, 0.15) is 12.2 Å². The Balaban J connectivity index is 1.40. The van der Waals surface area contributed by atoms with Crippen LogP contribution in [-0.2, 0) is 17.9 Å². The van der Waals surface area contributed by atoms with E-state index >= 15 is 0 Å². The van der Waals surface area contributed by atoms with Crippen LogP contribution in [0.2, 0.25) is 5.02 Å². The van der Waals surface area contributed by atoms with E-state index in [1.807, 2.05) is 0 Å². The molecule has 0 bridgehead atoms. The van der Waals surface area contributed by atoms with Crippen LogP contribution in [0.5, 0.6) is 0 Å². The van der Waals surface area contributed by atoms with Gasteiger partial charge in [0.15, 0.2) is 23.6 Å². The number of pyridine rings is 1. The molecular weight excluding hydrogens is 598 g/mol. The van der Waals surface area contributed by atoms with E-state index in [0.717, 1.165) is 9.36 Å². The van der Waals surface area contributed by atoms with Crippen LogP contribution in [0.15, 0.2) is 53.7 Å². The molecular formula is C24H19ClF6N8O3. The van der Waals surface area contributed by atoms with Crippen molar-refractivity contribution in [2.75, 3.05) is 5.32 Å². The maximum Gasteiger partial charge on any atom is 0.416 e. The lowest BCUT2D eigenvalue weighted by Crippen LogP contribution is -2.37. The van der Waals surface area contributed by atoms with Crippen LogP contribution in [0.25, 0.3) is 17.2 Å². The number of carbonyl (C=O) groups is 1. The average molecular weight is 617 g/mol. The van der Waals surface area contributed by atoms with E-state index in [1.165, 1.54) is 48.9 Å². The number of rotatable bonds is 8. The molecule has 1 aromatic carbocycles. The van der Waals surface area contributed by atoms with Gasteiger partial charge in [-0.1, -0.05) is 11.6 Å². The maximum atomic E-state index is 13.1. The van der Waals surface area contributed by atoms with E-state index in [9.17, 15) is 41.0 Å². The molecule has 1 saturated carbocycles. The number of amides is 1. The number of aliphatic hydroxyl groups is 1. The molecule has 18 heteroatoms. The molecule has 1 aliphatic rings. The Kier molecular flexibility index (Phi) is 7.57. The number of carbonyl (C=O) groups excluding carboxylic acids is 1. The van der Waals surface area contributed by atoms with Gasteiger partial charge in [0.25, 0.3) is 0 Å². The molecule has 5 rings (SSSR count). The molecule has 0 aliphatic heterocycles. The summed E-state index contributed by atoms with van der Waals surface area (Å²) in [5.74, 6) is -3.98. The molecule has 1 fully saturated rings. The van der Waals surface area contributed by atoms with E-state index in [4.69, 9.17) is 11.6 Å². The number of anilines is 1. The number of halogens is 7. The van der Waals surface area contributed by atoms with Crippen molar-refractivity contribution >= 4 is 23.2 Å². The zero-order valence-electron chi connectivity index (χ0n) is 21.0. The van der Waals surface area contributed by atoms with Gasteiger partial charge >= 0.3 is 18.0 Å². The van der Waals surface area contributed by atoms with E-state index in [-0.39, 0.29) is 35.1 Å². The summed E-state index contributed by atoms with van der Waals surface area (Å²) in [6.07, 6.45) is -10.1. The van der Waals surface area contributed by atoms with Gasteiger partial charge in [-0.3, -0.25) is 9.36 Å². The van der Waals surface area contributed by atoms with Gasteiger partial charge in [0, 0.05) is 16.8 Å². The Hall–Kier alpha value is -4.25. The first kappa shape index (κ1) is 29.2. The molecule has 0 saturated heterocycles. The van der Waals surface area contributed by atoms with Gasteiger partial charge in [0.05, 0.1) is 24.1 Å². The molecule has 3 atom stereocenters. The van der Waals surface area contributed by atoms with Crippen LogP contribution in [-0.4, -0.2) is 63.6 Å². The number of nitrogens with one attached hydrogen (secondary N) is 1. The topological polar surface area (TPSA) is 133 Å². The van der Waals surface area contributed by atoms with Gasteiger partial charge in [0.1, 0.15) is 12.9 Å². The highest BCUT2D eigenvalue weighted by molar-refractivity contribution is 6.30. The third kappa shape index (κ3) is 6.15. The molecule has 0 radical (unpaired) electrons. The quantitative estimate of drug-likeness (QED) is 0.290. The molecule has 3 unspecified atom stereocenters. The van der Waals surface area contributed by atoms with Gasteiger partial charge in [-0.15, -0.1) is 10.2 Å². The summed E-state index contributed by atoms with van der Waals surface area (Å²) in [7, 11) is 0. The molecule has 222 valence electrons. The summed E-state index contributed by atoms with van der Waals surface area (Å²) in [6.45, 7) is -1.54. The maximum absolute atomic E-state index is 13.1. The van der Waals surface area contributed by atoms with Crippen molar-refractivity contribution in [1.82, 2.24) is 34.1 Å². The van der Waals surface area contributed by atoms with E-state index < -0.39 is 55.0 Å². The third-order valence-corrected chi connectivity index (χ3v) is 6.65. The summed E-state index contributed by atoms with van der Waals surface area (Å²) in [4.78, 5) is 33.6. The number of hydrogen-bond donors (Lipinski definition) is 2. The summed E-state index contributed by atoms with van der Waals surface area (Å²) in [5, 5.41) is 20.7. The number of nitrogens with zero attached hydrogens (tertiary/aromatic N) is 7. The fraction of sp³-hybridized carbons (Fsp3) is 0.333. The Bertz CT molecular complexity index is 1660. The Morgan fingerprint density at radius 3 is 2.45 bits per heavy atom. The zero-order chi connectivity index (χ0) is 30.4. The minimum atomic E-state index is -5.00. The molecule has 4 aromatic rings. The lowest BCUT2D eigenvalue weighted by molar-refractivity contribution is -0.207. The van der Waals surface area contributed by atoms with Crippen molar-refractivity contribution in [3.63, 3.8) is 0 Å². The highest BCUT2D eigenvalue weighted by Crippen LogP contribution is 2.50. The lowest BCUT2D eigenvalue weighted by Gasteiger charge is -2.15. The number of alkyl halides is 6. The highest BCUT2D eigenvalue weighted by Gasteiger charge is 2.58. The van der Waals surface area contributed by atoms with Gasteiger partial charge in [0.2, 0.25) is 5.91 Å². The number of aliphatic hydroxyl groups excluding tert-OH is 1. The predicted molar refractivity (Wildman–Crippen MR) is 134 cm³/mol. The average Bonchev–Trinajstić information content (AvgIpc) is 3.54. The summed E-state index contributed by atoms with van der Waals surface area (Å²) >= 11 is 5.89. The molecule has 0 spiro atoms. The molecule has 1 aliphatic carbocycles. The van der Waals surface area contributed by atoms with Gasteiger partial charge < -0.3 is 10.4 Å². The van der Waals surface area contributed by atoms with Crippen LogP contribution < -0.4 is 11.0 Å². The van der Waals surface area contributed by atoms with E-state index in [2.05, 4.69) is 25.5 Å². The fourth-order valence-electron chi connectivity index (χ4n) is 4.15. The largest absolute Gasteiger partial charge is 0.416 e. The van der Waals surface area contributed by atoms with Crippen molar-refractivity contribution in [2.24, 2.45) is 11.8 Å². The predicted octanol–water partition coefficient (Wildman–Crippen LogP) is 3.45. The monoisotopic (exact) mass is 616 g/mol. The Morgan fingerprint density at radius 1 is 1.10 bits per heavy atom. The summed E-state index contributed by atoms with van der Waals surface area (Å²) in [5.41, 5.74) is -0.686.